The van der Waals surface area contributed by atoms with Gasteiger partial charge in [0.25, 0.3) is 0 Å². The van der Waals surface area contributed by atoms with E-state index >= 15 is 0 Å². The fourth-order valence-electron chi connectivity index (χ4n) is 3.59. The van der Waals surface area contributed by atoms with Gasteiger partial charge in [0.2, 0.25) is 11.8 Å². The summed E-state index contributed by atoms with van der Waals surface area (Å²) in [6, 6.07) is 23.8. The molecule has 0 aromatic heterocycles. The largest absolute Gasteiger partial charge is 0.354 e. The van der Waals surface area contributed by atoms with E-state index in [2.05, 4.69) is 48.7 Å². The first-order valence-electron chi connectivity index (χ1n) is 11.1. The quantitative estimate of drug-likeness (QED) is 0.505. The molecule has 162 valence electrons. The SMILES string of the molecule is CC(C)CCC(=O)N[C@@H](Cc1ccc2ccccc2c1)C(=O)NCCc1ccccc1. The molecule has 3 aromatic rings. The Morgan fingerprint density at radius 3 is 2.29 bits per heavy atom. The first-order valence-corrected chi connectivity index (χ1v) is 11.1. The van der Waals surface area contributed by atoms with Gasteiger partial charge >= 0.3 is 0 Å². The molecule has 0 aliphatic rings. The maximum absolute atomic E-state index is 12.9. The van der Waals surface area contributed by atoms with E-state index in [1.54, 1.807) is 0 Å². The van der Waals surface area contributed by atoms with Gasteiger partial charge in [-0.15, -0.1) is 0 Å². The van der Waals surface area contributed by atoms with Gasteiger partial charge in [0.05, 0.1) is 0 Å². The molecule has 0 fully saturated rings. The van der Waals surface area contributed by atoms with Crippen molar-refractivity contribution in [2.24, 2.45) is 5.92 Å². The number of hydrogen-bond acceptors (Lipinski definition) is 2. The van der Waals surface area contributed by atoms with Crippen LogP contribution in [0.5, 0.6) is 0 Å². The summed E-state index contributed by atoms with van der Waals surface area (Å²) < 4.78 is 0. The van der Waals surface area contributed by atoms with Crippen molar-refractivity contribution in [3.63, 3.8) is 0 Å². The van der Waals surface area contributed by atoms with Crippen molar-refractivity contribution in [1.82, 2.24) is 10.6 Å². The van der Waals surface area contributed by atoms with Gasteiger partial charge in [-0.2, -0.15) is 0 Å². The molecule has 3 rings (SSSR count). The van der Waals surface area contributed by atoms with Gasteiger partial charge < -0.3 is 10.6 Å². The smallest absolute Gasteiger partial charge is 0.242 e. The zero-order chi connectivity index (χ0) is 22.1. The molecular formula is C27H32N2O2. The molecule has 2 N–H and O–H groups in total. The van der Waals surface area contributed by atoms with E-state index in [1.165, 1.54) is 5.56 Å². The predicted molar refractivity (Wildman–Crippen MR) is 127 cm³/mol. The lowest BCUT2D eigenvalue weighted by atomic mass is 10.0. The fraction of sp³-hybridized carbons (Fsp3) is 0.333. The third-order valence-corrected chi connectivity index (χ3v) is 5.41. The van der Waals surface area contributed by atoms with Gasteiger partial charge in [0, 0.05) is 19.4 Å². The number of fused-ring (bicyclic) bond motifs is 1. The zero-order valence-corrected chi connectivity index (χ0v) is 18.4. The highest BCUT2D eigenvalue weighted by molar-refractivity contribution is 5.88. The number of carbonyl (C=O) groups is 2. The van der Waals surface area contributed by atoms with Crippen LogP contribution < -0.4 is 10.6 Å². The lowest BCUT2D eigenvalue weighted by Gasteiger charge is -2.19. The Morgan fingerprint density at radius 2 is 1.55 bits per heavy atom. The van der Waals surface area contributed by atoms with Crippen LogP contribution in [0.25, 0.3) is 10.8 Å². The molecule has 2 amide bonds. The topological polar surface area (TPSA) is 58.2 Å². The summed E-state index contributed by atoms with van der Waals surface area (Å²) in [7, 11) is 0. The summed E-state index contributed by atoms with van der Waals surface area (Å²) in [6.07, 6.45) is 2.47. The molecular weight excluding hydrogens is 384 g/mol. The molecule has 0 unspecified atom stereocenters. The van der Waals surface area contributed by atoms with E-state index in [-0.39, 0.29) is 11.8 Å². The van der Waals surface area contributed by atoms with Crippen molar-refractivity contribution in [2.45, 2.75) is 45.6 Å². The number of amides is 2. The van der Waals surface area contributed by atoms with E-state index in [0.717, 1.165) is 29.2 Å². The van der Waals surface area contributed by atoms with Crippen LogP contribution in [-0.4, -0.2) is 24.4 Å². The third-order valence-electron chi connectivity index (χ3n) is 5.41. The highest BCUT2D eigenvalue weighted by atomic mass is 16.2. The maximum Gasteiger partial charge on any atom is 0.242 e. The summed E-state index contributed by atoms with van der Waals surface area (Å²) in [5.41, 5.74) is 2.21. The molecule has 0 aliphatic carbocycles. The number of hydrogen-bond donors (Lipinski definition) is 2. The van der Waals surface area contributed by atoms with Gasteiger partial charge in [-0.3, -0.25) is 9.59 Å². The summed E-state index contributed by atoms with van der Waals surface area (Å²) in [5.74, 6) is 0.240. The molecule has 0 spiro atoms. The molecule has 0 heterocycles. The van der Waals surface area contributed by atoms with Crippen molar-refractivity contribution in [3.8, 4) is 0 Å². The zero-order valence-electron chi connectivity index (χ0n) is 18.4. The monoisotopic (exact) mass is 416 g/mol. The number of carbonyl (C=O) groups excluding carboxylic acids is 2. The van der Waals surface area contributed by atoms with Gasteiger partial charge in [-0.1, -0.05) is 86.6 Å². The van der Waals surface area contributed by atoms with Crippen LogP contribution in [0, 0.1) is 5.92 Å². The molecule has 3 aromatic carbocycles. The Balaban J connectivity index is 1.66. The van der Waals surface area contributed by atoms with E-state index in [4.69, 9.17) is 0 Å². The normalized spacial score (nSPS) is 12.0. The van der Waals surface area contributed by atoms with Crippen molar-refractivity contribution in [2.75, 3.05) is 6.54 Å². The molecule has 4 nitrogen and oxygen atoms in total. The lowest BCUT2D eigenvalue weighted by molar-refractivity contribution is -0.129. The summed E-state index contributed by atoms with van der Waals surface area (Å²) in [5, 5.41) is 8.27. The standard InChI is InChI=1S/C27H32N2O2/c1-20(2)12-15-26(30)29-25(27(31)28-17-16-21-8-4-3-5-9-21)19-22-13-14-23-10-6-7-11-24(23)18-22/h3-11,13-14,18,20,25H,12,15-17,19H2,1-2H3,(H,28,31)(H,29,30)/t25-/m0/s1. The van der Waals surface area contributed by atoms with E-state index in [0.29, 0.717) is 25.3 Å². The first kappa shape index (κ1) is 22.5. The second-order valence-corrected chi connectivity index (χ2v) is 8.46. The van der Waals surface area contributed by atoms with Crippen LogP contribution in [0.2, 0.25) is 0 Å². The van der Waals surface area contributed by atoms with Gasteiger partial charge in [-0.05, 0) is 40.7 Å². The van der Waals surface area contributed by atoms with Crippen LogP contribution >= 0.6 is 0 Å². The Kier molecular flexibility index (Phi) is 8.22. The third kappa shape index (κ3) is 7.25. The van der Waals surface area contributed by atoms with Gasteiger partial charge in [0.15, 0.2) is 0 Å². The minimum atomic E-state index is -0.586. The van der Waals surface area contributed by atoms with Crippen LogP contribution in [0.15, 0.2) is 72.8 Å². The molecule has 1 atom stereocenters. The summed E-state index contributed by atoms with van der Waals surface area (Å²) >= 11 is 0. The Labute approximate surface area is 185 Å². The fourth-order valence-corrected chi connectivity index (χ4v) is 3.59. The number of benzene rings is 3. The van der Waals surface area contributed by atoms with Crippen molar-refractivity contribution < 1.29 is 9.59 Å². The summed E-state index contributed by atoms with van der Waals surface area (Å²) in [4.78, 5) is 25.4. The minimum absolute atomic E-state index is 0.0716. The first-order chi connectivity index (χ1) is 15.0. The van der Waals surface area contributed by atoms with Gasteiger partial charge in [-0.25, -0.2) is 0 Å². The molecule has 0 radical (unpaired) electrons. The van der Waals surface area contributed by atoms with Crippen molar-refractivity contribution >= 4 is 22.6 Å². The number of rotatable bonds is 10. The molecule has 0 saturated heterocycles. The van der Waals surface area contributed by atoms with Crippen LogP contribution in [0.3, 0.4) is 0 Å². The van der Waals surface area contributed by atoms with Gasteiger partial charge in [0.1, 0.15) is 6.04 Å². The second-order valence-electron chi connectivity index (χ2n) is 8.46. The molecule has 0 bridgehead atoms. The van der Waals surface area contributed by atoms with Crippen molar-refractivity contribution in [3.05, 3.63) is 83.9 Å². The highest BCUT2D eigenvalue weighted by Gasteiger charge is 2.21. The maximum atomic E-state index is 12.9. The van der Waals surface area contributed by atoms with Crippen molar-refractivity contribution in [1.29, 1.82) is 0 Å². The minimum Gasteiger partial charge on any atom is -0.354 e. The Morgan fingerprint density at radius 1 is 0.839 bits per heavy atom. The van der Waals surface area contributed by atoms with E-state index in [9.17, 15) is 9.59 Å². The Hall–Kier alpha value is -3.14. The molecule has 0 aliphatic heterocycles. The van der Waals surface area contributed by atoms with Crippen LogP contribution in [-0.2, 0) is 22.4 Å². The highest BCUT2D eigenvalue weighted by Crippen LogP contribution is 2.17. The Bertz CT molecular complexity index is 998. The second kappa shape index (κ2) is 11.3. The van der Waals surface area contributed by atoms with E-state index < -0.39 is 6.04 Å². The molecule has 31 heavy (non-hydrogen) atoms. The average molecular weight is 417 g/mol. The average Bonchev–Trinajstić information content (AvgIpc) is 2.78. The van der Waals surface area contributed by atoms with Crippen LogP contribution in [0.1, 0.15) is 37.8 Å². The predicted octanol–water partition coefficient (Wildman–Crippen LogP) is 4.66. The van der Waals surface area contributed by atoms with Crippen LogP contribution in [0.4, 0.5) is 0 Å². The lowest BCUT2D eigenvalue weighted by Crippen LogP contribution is -2.48. The number of nitrogens with one attached hydrogen (secondary N) is 2. The summed E-state index contributed by atoms with van der Waals surface area (Å²) in [6.45, 7) is 4.73. The van der Waals surface area contributed by atoms with E-state index in [1.807, 2.05) is 48.5 Å². The molecule has 4 heteroatoms. The molecule has 0 saturated carbocycles.